The predicted molar refractivity (Wildman–Crippen MR) is 222 cm³/mol. The molecule has 9 rings (SSSR count). The van der Waals surface area contributed by atoms with Crippen LogP contribution in [0.15, 0.2) is 177 Å². The van der Waals surface area contributed by atoms with Crippen molar-refractivity contribution in [3.05, 3.63) is 186 Å². The molecule has 9 aromatic rings. The van der Waals surface area contributed by atoms with Gasteiger partial charge in [0.05, 0.1) is 5.70 Å². The van der Waals surface area contributed by atoms with E-state index in [0.29, 0.717) is 11.5 Å². The van der Waals surface area contributed by atoms with Crippen LogP contribution < -0.4 is 0 Å². The van der Waals surface area contributed by atoms with Gasteiger partial charge in [0.25, 0.3) is 0 Å². The molecule has 0 unspecified atom stereocenters. The number of hydrogen-bond donors (Lipinski definition) is 0. The minimum absolute atomic E-state index is 0.588. The zero-order valence-electron chi connectivity index (χ0n) is 29.9. The molecule has 0 amide bonds. The number of rotatable bonds is 6. The van der Waals surface area contributed by atoms with Crippen molar-refractivity contribution in [3.8, 4) is 22.3 Å². The Morgan fingerprint density at radius 3 is 1.98 bits per heavy atom. The van der Waals surface area contributed by atoms with Crippen molar-refractivity contribution in [2.45, 2.75) is 20.8 Å². The molecule has 7 aromatic carbocycles. The maximum Gasteiger partial charge on any atom is 0.160 e. The number of aryl methyl sites for hydroxylation is 1. The van der Waals surface area contributed by atoms with E-state index in [1.54, 1.807) is 0 Å². The summed E-state index contributed by atoms with van der Waals surface area (Å²) in [5.41, 5.74) is 14.8. The van der Waals surface area contributed by atoms with Crippen molar-refractivity contribution in [2.24, 2.45) is 9.98 Å². The van der Waals surface area contributed by atoms with E-state index in [0.717, 1.165) is 77.4 Å². The molecule has 0 saturated carbocycles. The van der Waals surface area contributed by atoms with Gasteiger partial charge >= 0.3 is 0 Å². The first-order chi connectivity index (χ1) is 25.9. The highest BCUT2D eigenvalue weighted by atomic mass is 16.3. The second-order valence-corrected chi connectivity index (χ2v) is 13.5. The maximum atomic E-state index is 6.20. The van der Waals surface area contributed by atoms with Crippen LogP contribution in [0.4, 0.5) is 0 Å². The van der Waals surface area contributed by atoms with Gasteiger partial charge in [0, 0.05) is 38.4 Å². The molecule has 0 aliphatic rings. The van der Waals surface area contributed by atoms with Gasteiger partial charge in [0.1, 0.15) is 22.3 Å². The fourth-order valence-electron chi connectivity index (χ4n) is 7.49. The summed E-state index contributed by atoms with van der Waals surface area (Å²) < 4.78 is 12.4. The number of furan rings is 2. The van der Waals surface area contributed by atoms with Gasteiger partial charge in [-0.15, -0.1) is 0 Å². The van der Waals surface area contributed by atoms with Crippen molar-refractivity contribution < 1.29 is 8.83 Å². The first kappa shape index (κ1) is 32.1. The Hall–Kier alpha value is -6.78. The molecule has 0 saturated heterocycles. The van der Waals surface area contributed by atoms with Gasteiger partial charge in [-0.25, -0.2) is 9.98 Å². The fraction of sp³-hybridized carbons (Fsp3) is 0.0612. The molecule has 0 atom stereocenters. The number of amidine groups is 1. The van der Waals surface area contributed by atoms with Gasteiger partial charge in [-0.1, -0.05) is 122 Å². The second-order valence-electron chi connectivity index (χ2n) is 13.5. The van der Waals surface area contributed by atoms with Crippen LogP contribution in [0.1, 0.15) is 34.7 Å². The van der Waals surface area contributed by atoms with Gasteiger partial charge in [0.2, 0.25) is 0 Å². The lowest BCUT2D eigenvalue weighted by Crippen LogP contribution is -2.04. The van der Waals surface area contributed by atoms with Crippen molar-refractivity contribution in [1.82, 2.24) is 0 Å². The maximum absolute atomic E-state index is 6.20. The molecule has 0 N–H and O–H groups in total. The summed E-state index contributed by atoms with van der Waals surface area (Å²) in [5.74, 6) is 0.588. The summed E-state index contributed by atoms with van der Waals surface area (Å²) in [6.45, 7) is 10.9. The van der Waals surface area contributed by atoms with Crippen LogP contribution in [0.25, 0.3) is 71.8 Å². The normalized spacial score (nSPS) is 12.4. The lowest BCUT2D eigenvalue weighted by Gasteiger charge is -2.15. The Morgan fingerprint density at radius 1 is 0.509 bits per heavy atom. The molecule has 0 aliphatic heterocycles. The molecule has 53 heavy (non-hydrogen) atoms. The van der Waals surface area contributed by atoms with Crippen LogP contribution in [0.5, 0.6) is 0 Å². The SMILES string of the molecule is C=C(N=C(N=C(C)c1ccccc1)c1cccc(-c2cccc(-c3cc4c(cc3C)oc3ccccc34)c2C)c1)c1cccc2oc3ccccc3c12. The fourth-order valence-corrected chi connectivity index (χ4v) is 7.49. The molecule has 0 aliphatic carbocycles. The molecular formula is C49H36N2O2. The van der Waals surface area contributed by atoms with Crippen LogP contribution in [-0.2, 0) is 0 Å². The zero-order valence-corrected chi connectivity index (χ0v) is 29.9. The highest BCUT2D eigenvalue weighted by molar-refractivity contribution is 6.15. The Balaban J connectivity index is 1.16. The van der Waals surface area contributed by atoms with Crippen LogP contribution in [-0.4, -0.2) is 11.5 Å². The summed E-state index contributed by atoms with van der Waals surface area (Å²) in [6.07, 6.45) is 0. The third-order valence-corrected chi connectivity index (χ3v) is 10.2. The number of nitrogens with zero attached hydrogens (tertiary/aromatic N) is 2. The standard InChI is InChI=1S/C49H36N2O2/c1-30-27-47-43(40-19-8-10-24-44(40)53-47)29-42(30)38-22-13-21-37(31(38)2)35-17-12-18-36(28-35)49(50-32(3)34-15-6-5-7-16-34)51-33(4)39-23-14-26-46-48(39)41-20-9-11-25-45(41)52-46/h5-29H,4H2,1-3H3. The Kier molecular flexibility index (Phi) is 7.93. The molecule has 0 fully saturated rings. The second kappa shape index (κ2) is 13.1. The lowest BCUT2D eigenvalue weighted by molar-refractivity contribution is 0.668. The minimum atomic E-state index is 0.588. The van der Waals surface area contributed by atoms with E-state index in [-0.39, 0.29) is 0 Å². The molecule has 4 heteroatoms. The van der Waals surface area contributed by atoms with E-state index in [9.17, 15) is 0 Å². The number of para-hydroxylation sites is 2. The van der Waals surface area contributed by atoms with Crippen LogP contribution in [0, 0.1) is 13.8 Å². The third-order valence-electron chi connectivity index (χ3n) is 10.2. The summed E-state index contributed by atoms with van der Waals surface area (Å²) in [6, 6.07) is 52.1. The average Bonchev–Trinajstić information content (AvgIpc) is 3.75. The summed E-state index contributed by atoms with van der Waals surface area (Å²) >= 11 is 0. The number of hydrogen-bond acceptors (Lipinski definition) is 3. The zero-order chi connectivity index (χ0) is 36.1. The first-order valence-electron chi connectivity index (χ1n) is 17.8. The third kappa shape index (κ3) is 5.75. The summed E-state index contributed by atoms with van der Waals surface area (Å²) in [7, 11) is 0. The van der Waals surface area contributed by atoms with Crippen LogP contribution in [0.2, 0.25) is 0 Å². The molecule has 254 valence electrons. The molecule has 0 spiro atoms. The van der Waals surface area contributed by atoms with Crippen molar-refractivity contribution in [2.75, 3.05) is 0 Å². The van der Waals surface area contributed by atoms with E-state index >= 15 is 0 Å². The molecule has 0 radical (unpaired) electrons. The molecule has 2 heterocycles. The lowest BCUT2D eigenvalue weighted by atomic mass is 9.89. The van der Waals surface area contributed by atoms with Gasteiger partial charge in [-0.2, -0.15) is 0 Å². The predicted octanol–water partition coefficient (Wildman–Crippen LogP) is 13.4. The number of fused-ring (bicyclic) bond motifs is 6. The molecule has 2 aromatic heterocycles. The summed E-state index contributed by atoms with van der Waals surface area (Å²) in [5, 5.41) is 4.28. The topological polar surface area (TPSA) is 51.0 Å². The van der Waals surface area contributed by atoms with Gasteiger partial charge in [-0.3, -0.25) is 0 Å². The quantitative estimate of drug-likeness (QED) is 0.129. The first-order valence-corrected chi connectivity index (χ1v) is 17.8. The van der Waals surface area contributed by atoms with E-state index in [4.69, 9.17) is 18.8 Å². The van der Waals surface area contributed by atoms with E-state index in [1.165, 1.54) is 22.3 Å². The monoisotopic (exact) mass is 684 g/mol. The minimum Gasteiger partial charge on any atom is -0.456 e. The Morgan fingerprint density at radius 2 is 1.15 bits per heavy atom. The Labute approximate surface area is 308 Å². The average molecular weight is 685 g/mol. The summed E-state index contributed by atoms with van der Waals surface area (Å²) in [4.78, 5) is 10.4. The van der Waals surface area contributed by atoms with Crippen molar-refractivity contribution in [3.63, 3.8) is 0 Å². The number of aliphatic imine (C=N–C) groups is 2. The number of benzene rings is 7. The largest absolute Gasteiger partial charge is 0.456 e. The molecule has 4 nitrogen and oxygen atoms in total. The van der Waals surface area contributed by atoms with Gasteiger partial charge < -0.3 is 8.83 Å². The van der Waals surface area contributed by atoms with Gasteiger partial charge in [-0.05, 0) is 96.1 Å². The molecule has 0 bridgehead atoms. The highest BCUT2D eigenvalue weighted by Crippen LogP contribution is 2.39. The van der Waals surface area contributed by atoms with Gasteiger partial charge in [0.15, 0.2) is 5.84 Å². The van der Waals surface area contributed by atoms with Crippen LogP contribution in [0.3, 0.4) is 0 Å². The van der Waals surface area contributed by atoms with Crippen molar-refractivity contribution >= 4 is 61.1 Å². The van der Waals surface area contributed by atoms with E-state index in [1.807, 2.05) is 67.6 Å². The van der Waals surface area contributed by atoms with Crippen LogP contribution >= 0.6 is 0 Å². The van der Waals surface area contributed by atoms with Crippen molar-refractivity contribution in [1.29, 1.82) is 0 Å². The highest BCUT2D eigenvalue weighted by Gasteiger charge is 2.17. The smallest absolute Gasteiger partial charge is 0.160 e. The van der Waals surface area contributed by atoms with E-state index < -0.39 is 0 Å². The van der Waals surface area contributed by atoms with E-state index in [2.05, 4.69) is 111 Å². The molecular weight excluding hydrogens is 649 g/mol. The Bertz CT molecular complexity index is 2940.